The van der Waals surface area contributed by atoms with Gasteiger partial charge in [-0.2, -0.15) is 4.99 Å². The van der Waals surface area contributed by atoms with Crippen molar-refractivity contribution in [2.75, 3.05) is 0 Å². The molecule has 0 saturated carbocycles. The fraction of sp³-hybridized carbons (Fsp3) is 0. The summed E-state index contributed by atoms with van der Waals surface area (Å²) in [5, 5.41) is 0.368. The van der Waals surface area contributed by atoms with Crippen LogP contribution in [0, 0.1) is 0 Å². The number of halogens is 1. The molecular weight excluding hydrogens is 164 g/mol. The molecule has 58 valence electrons. The molecule has 1 aromatic heterocycles. The summed E-state index contributed by atoms with van der Waals surface area (Å²) in [6.45, 7) is 0. The zero-order chi connectivity index (χ0) is 8.27. The first-order valence-corrected chi connectivity index (χ1v) is 3.28. The highest BCUT2D eigenvalue weighted by Gasteiger charge is 1.91. The molecule has 0 amide bonds. The number of hydrogen-bond acceptors (Lipinski definition) is 2. The third-order valence-electron chi connectivity index (χ3n) is 0.944. The summed E-state index contributed by atoms with van der Waals surface area (Å²) in [5.41, 5.74) is 10.2. The first kappa shape index (κ1) is 7.81. The number of hydrogen-bond donors (Lipinski definition) is 2. The number of aromatic nitrogens is 1. The number of pyridine rings is 1. The van der Waals surface area contributed by atoms with E-state index in [1.165, 1.54) is 0 Å². The molecule has 11 heavy (non-hydrogen) atoms. The molecule has 1 heterocycles. The first-order valence-electron chi connectivity index (χ1n) is 2.90. The minimum atomic E-state index is -0.0280. The maximum Gasteiger partial charge on any atom is 0.192 e. The Morgan fingerprint density at radius 1 is 1.45 bits per heavy atom. The minimum Gasteiger partial charge on any atom is -0.370 e. The van der Waals surface area contributed by atoms with Crippen LogP contribution in [-0.4, -0.2) is 10.9 Å². The van der Waals surface area contributed by atoms with Crippen LogP contribution in [0.15, 0.2) is 23.2 Å². The Hall–Kier alpha value is -1.29. The summed E-state index contributed by atoms with van der Waals surface area (Å²) in [6.07, 6.45) is 0. The van der Waals surface area contributed by atoms with Gasteiger partial charge in [-0.25, -0.2) is 4.98 Å². The van der Waals surface area contributed by atoms with Crippen molar-refractivity contribution < 1.29 is 0 Å². The third kappa shape index (κ3) is 2.43. The summed E-state index contributed by atoms with van der Waals surface area (Å²) in [7, 11) is 0. The SMILES string of the molecule is NC(N)=Nc1cccc(Cl)n1. The van der Waals surface area contributed by atoms with Crippen LogP contribution in [-0.2, 0) is 0 Å². The average molecular weight is 171 g/mol. The molecule has 1 aromatic rings. The van der Waals surface area contributed by atoms with Gasteiger partial charge in [-0.05, 0) is 12.1 Å². The van der Waals surface area contributed by atoms with Gasteiger partial charge < -0.3 is 11.5 Å². The predicted molar refractivity (Wildman–Crippen MR) is 44.7 cm³/mol. The average Bonchev–Trinajstić information content (AvgIpc) is 1.85. The second-order valence-electron chi connectivity index (χ2n) is 1.86. The van der Waals surface area contributed by atoms with E-state index in [4.69, 9.17) is 23.1 Å². The van der Waals surface area contributed by atoms with E-state index < -0.39 is 0 Å². The van der Waals surface area contributed by atoms with Gasteiger partial charge >= 0.3 is 0 Å². The fourth-order valence-corrected chi connectivity index (χ4v) is 0.751. The second-order valence-corrected chi connectivity index (χ2v) is 2.24. The molecule has 4 N–H and O–H groups in total. The molecule has 4 nitrogen and oxygen atoms in total. The van der Waals surface area contributed by atoms with Crippen LogP contribution in [0.3, 0.4) is 0 Å². The molecule has 0 saturated heterocycles. The highest BCUT2D eigenvalue weighted by atomic mass is 35.5. The van der Waals surface area contributed by atoms with Gasteiger partial charge in [0.1, 0.15) is 5.15 Å². The first-order chi connectivity index (χ1) is 5.18. The normalized spacial score (nSPS) is 9.18. The standard InChI is InChI=1S/C6H7ClN4/c7-4-2-1-3-5(10-4)11-6(8)9/h1-3H,(H4,8,9,10,11). The van der Waals surface area contributed by atoms with E-state index in [0.29, 0.717) is 11.0 Å². The van der Waals surface area contributed by atoms with Crippen LogP contribution in [0.4, 0.5) is 5.82 Å². The minimum absolute atomic E-state index is 0.0280. The van der Waals surface area contributed by atoms with Crippen LogP contribution in [0.2, 0.25) is 5.15 Å². The molecule has 0 aliphatic carbocycles. The van der Waals surface area contributed by atoms with Crippen LogP contribution in [0.1, 0.15) is 0 Å². The van der Waals surface area contributed by atoms with E-state index >= 15 is 0 Å². The molecular formula is C6H7ClN4. The molecule has 0 aliphatic rings. The molecule has 1 rings (SSSR count). The fourth-order valence-electron chi connectivity index (χ4n) is 0.592. The molecule has 0 aliphatic heterocycles. The van der Waals surface area contributed by atoms with Crippen molar-refractivity contribution in [2.24, 2.45) is 16.5 Å². The summed E-state index contributed by atoms with van der Waals surface area (Å²) >= 11 is 5.57. The monoisotopic (exact) mass is 170 g/mol. The lowest BCUT2D eigenvalue weighted by atomic mass is 10.5. The molecule has 0 bridgehead atoms. The largest absolute Gasteiger partial charge is 0.370 e. The summed E-state index contributed by atoms with van der Waals surface area (Å²) in [4.78, 5) is 7.53. The van der Waals surface area contributed by atoms with Crippen LogP contribution < -0.4 is 11.5 Å². The highest BCUT2D eigenvalue weighted by Crippen LogP contribution is 2.11. The molecule has 0 atom stereocenters. The number of nitrogens with two attached hydrogens (primary N) is 2. The molecule has 5 heteroatoms. The Morgan fingerprint density at radius 3 is 2.73 bits per heavy atom. The summed E-state index contributed by atoms with van der Waals surface area (Å²) in [6, 6.07) is 5.02. The van der Waals surface area contributed by atoms with Gasteiger partial charge in [-0.1, -0.05) is 17.7 Å². The predicted octanol–water partition coefficient (Wildman–Crippen LogP) is 0.640. The van der Waals surface area contributed by atoms with Gasteiger partial charge in [0.25, 0.3) is 0 Å². The number of rotatable bonds is 1. The zero-order valence-electron chi connectivity index (χ0n) is 5.66. The van der Waals surface area contributed by atoms with Crippen molar-refractivity contribution in [2.45, 2.75) is 0 Å². The Bertz CT molecular complexity index is 280. The lowest BCUT2D eigenvalue weighted by molar-refractivity contribution is 1.26. The topological polar surface area (TPSA) is 77.3 Å². The molecule has 0 radical (unpaired) electrons. The van der Waals surface area contributed by atoms with E-state index in [0.717, 1.165) is 0 Å². The van der Waals surface area contributed by atoms with Gasteiger partial charge in [0.2, 0.25) is 0 Å². The van der Waals surface area contributed by atoms with Gasteiger partial charge in [-0.3, -0.25) is 0 Å². The van der Waals surface area contributed by atoms with Crippen molar-refractivity contribution in [1.29, 1.82) is 0 Å². The lowest BCUT2D eigenvalue weighted by Gasteiger charge is -1.93. The van der Waals surface area contributed by atoms with E-state index in [1.54, 1.807) is 18.2 Å². The van der Waals surface area contributed by atoms with Gasteiger partial charge in [0, 0.05) is 0 Å². The van der Waals surface area contributed by atoms with Gasteiger partial charge in [-0.15, -0.1) is 0 Å². The number of nitrogens with zero attached hydrogens (tertiary/aromatic N) is 2. The summed E-state index contributed by atoms with van der Waals surface area (Å²) < 4.78 is 0. The van der Waals surface area contributed by atoms with E-state index in [-0.39, 0.29) is 5.96 Å². The van der Waals surface area contributed by atoms with Gasteiger partial charge in [0.05, 0.1) is 0 Å². The van der Waals surface area contributed by atoms with Crippen molar-refractivity contribution in [3.8, 4) is 0 Å². The molecule has 0 unspecified atom stereocenters. The second kappa shape index (κ2) is 3.21. The van der Waals surface area contributed by atoms with Crippen molar-refractivity contribution in [1.82, 2.24) is 4.98 Å². The number of guanidine groups is 1. The van der Waals surface area contributed by atoms with Crippen molar-refractivity contribution >= 4 is 23.4 Å². The van der Waals surface area contributed by atoms with Crippen LogP contribution in [0.25, 0.3) is 0 Å². The van der Waals surface area contributed by atoms with Crippen molar-refractivity contribution in [3.05, 3.63) is 23.4 Å². The Morgan fingerprint density at radius 2 is 2.18 bits per heavy atom. The van der Waals surface area contributed by atoms with E-state index in [1.807, 2.05) is 0 Å². The quantitative estimate of drug-likeness (QED) is 0.369. The third-order valence-corrected chi connectivity index (χ3v) is 1.15. The molecule has 0 aromatic carbocycles. The maximum atomic E-state index is 5.57. The summed E-state index contributed by atoms with van der Waals surface area (Å²) in [5.74, 6) is 0.386. The smallest absolute Gasteiger partial charge is 0.192 e. The van der Waals surface area contributed by atoms with Gasteiger partial charge in [0.15, 0.2) is 11.8 Å². The van der Waals surface area contributed by atoms with Crippen LogP contribution >= 0.6 is 11.6 Å². The Balaban J connectivity index is 2.97. The van der Waals surface area contributed by atoms with E-state index in [2.05, 4.69) is 9.98 Å². The molecule has 0 spiro atoms. The van der Waals surface area contributed by atoms with Crippen LogP contribution in [0.5, 0.6) is 0 Å². The molecule has 0 fully saturated rings. The number of aliphatic imine (C=N–C) groups is 1. The van der Waals surface area contributed by atoms with E-state index in [9.17, 15) is 0 Å². The lowest BCUT2D eigenvalue weighted by Crippen LogP contribution is -2.22. The Kier molecular flexibility index (Phi) is 2.28. The zero-order valence-corrected chi connectivity index (χ0v) is 6.42. The highest BCUT2D eigenvalue weighted by molar-refractivity contribution is 6.29. The Labute approximate surface area is 68.9 Å². The van der Waals surface area contributed by atoms with Crippen molar-refractivity contribution in [3.63, 3.8) is 0 Å². The maximum absolute atomic E-state index is 5.57.